The highest BCUT2D eigenvalue weighted by Gasteiger charge is 2.27. The van der Waals surface area contributed by atoms with Gasteiger partial charge in [-0.2, -0.15) is 13.2 Å². The Hall–Kier alpha value is -1.03. The van der Waals surface area contributed by atoms with Crippen molar-refractivity contribution >= 4 is 29.9 Å². The zero-order valence-electron chi connectivity index (χ0n) is 14.3. The number of halogens is 4. The number of likely N-dealkylation sites (tertiary alicyclic amines) is 1. The Kier molecular flexibility index (Phi) is 8.98. The largest absolute Gasteiger partial charge is 0.411 e. The van der Waals surface area contributed by atoms with E-state index in [0.29, 0.717) is 18.1 Å². The van der Waals surface area contributed by atoms with Crippen LogP contribution in [-0.2, 0) is 17.9 Å². The van der Waals surface area contributed by atoms with Crippen LogP contribution >= 0.6 is 24.0 Å². The molecule has 0 unspecified atom stereocenters. The SMILES string of the molecule is CC1CCN(C(N)=NCc2cccc(COCC(F)(F)F)c2)CC1.I. The van der Waals surface area contributed by atoms with Gasteiger partial charge in [0, 0.05) is 13.1 Å². The predicted octanol–water partition coefficient (Wildman–Crippen LogP) is 3.93. The van der Waals surface area contributed by atoms with Crippen LogP contribution in [0.15, 0.2) is 29.3 Å². The number of nitrogens with two attached hydrogens (primary N) is 1. The molecule has 142 valence electrons. The summed E-state index contributed by atoms with van der Waals surface area (Å²) in [6.07, 6.45) is -2.08. The summed E-state index contributed by atoms with van der Waals surface area (Å²) in [5.74, 6) is 1.25. The van der Waals surface area contributed by atoms with E-state index in [1.807, 2.05) is 6.07 Å². The first kappa shape index (κ1) is 22.0. The first-order valence-corrected chi connectivity index (χ1v) is 8.10. The van der Waals surface area contributed by atoms with Gasteiger partial charge < -0.3 is 15.4 Å². The molecule has 0 amide bonds. The minimum atomic E-state index is -4.30. The molecule has 1 aliphatic rings. The molecular formula is C17H25F3IN3O. The summed E-state index contributed by atoms with van der Waals surface area (Å²) < 4.78 is 40.9. The van der Waals surface area contributed by atoms with E-state index in [1.54, 1.807) is 18.2 Å². The number of ether oxygens (including phenoxy) is 1. The quantitative estimate of drug-likeness (QED) is 0.403. The van der Waals surface area contributed by atoms with Gasteiger partial charge in [0.25, 0.3) is 0 Å². The second-order valence-electron chi connectivity index (χ2n) is 6.27. The zero-order valence-corrected chi connectivity index (χ0v) is 16.6. The van der Waals surface area contributed by atoms with Crippen LogP contribution in [-0.4, -0.2) is 36.7 Å². The number of hydrogen-bond donors (Lipinski definition) is 1. The van der Waals surface area contributed by atoms with Gasteiger partial charge in [-0.1, -0.05) is 31.2 Å². The molecule has 2 rings (SSSR count). The van der Waals surface area contributed by atoms with Crippen LogP contribution in [0.4, 0.5) is 13.2 Å². The molecule has 1 aliphatic heterocycles. The Morgan fingerprint density at radius 1 is 1.28 bits per heavy atom. The Labute approximate surface area is 163 Å². The van der Waals surface area contributed by atoms with Gasteiger partial charge in [-0.15, -0.1) is 24.0 Å². The van der Waals surface area contributed by atoms with Crippen LogP contribution in [0, 0.1) is 5.92 Å². The first-order chi connectivity index (χ1) is 11.3. The van der Waals surface area contributed by atoms with Crippen LogP contribution in [0.2, 0.25) is 0 Å². The van der Waals surface area contributed by atoms with Gasteiger partial charge in [0.2, 0.25) is 0 Å². The molecule has 0 spiro atoms. The first-order valence-electron chi connectivity index (χ1n) is 8.10. The molecule has 1 aromatic rings. The fraction of sp³-hybridized carbons (Fsp3) is 0.588. The number of hydrogen-bond acceptors (Lipinski definition) is 2. The molecule has 1 saturated heterocycles. The average molecular weight is 471 g/mol. The Bertz CT molecular complexity index is 558. The molecule has 0 aliphatic carbocycles. The molecule has 1 aromatic carbocycles. The summed E-state index contributed by atoms with van der Waals surface area (Å²) in [6, 6.07) is 7.20. The average Bonchev–Trinajstić information content (AvgIpc) is 2.52. The molecule has 0 aromatic heterocycles. The molecule has 4 nitrogen and oxygen atoms in total. The van der Waals surface area contributed by atoms with Gasteiger partial charge in [-0.3, -0.25) is 0 Å². The fourth-order valence-corrected chi connectivity index (χ4v) is 2.61. The number of alkyl halides is 3. The van der Waals surface area contributed by atoms with Gasteiger partial charge >= 0.3 is 6.18 Å². The van der Waals surface area contributed by atoms with Crippen LogP contribution in [0.5, 0.6) is 0 Å². The fourth-order valence-electron chi connectivity index (χ4n) is 2.61. The third-order valence-electron chi connectivity index (χ3n) is 4.06. The molecule has 0 bridgehead atoms. The molecular weight excluding hydrogens is 446 g/mol. The molecule has 0 saturated carbocycles. The number of rotatable bonds is 5. The number of benzene rings is 1. The molecule has 1 heterocycles. The van der Waals surface area contributed by atoms with Crippen molar-refractivity contribution in [1.29, 1.82) is 0 Å². The number of guanidine groups is 1. The van der Waals surface area contributed by atoms with E-state index in [4.69, 9.17) is 5.73 Å². The normalized spacial score (nSPS) is 16.6. The topological polar surface area (TPSA) is 50.8 Å². The minimum Gasteiger partial charge on any atom is -0.370 e. The van der Waals surface area contributed by atoms with Crippen molar-refractivity contribution in [2.45, 2.75) is 39.1 Å². The minimum absolute atomic E-state index is 0. The second-order valence-corrected chi connectivity index (χ2v) is 6.27. The van der Waals surface area contributed by atoms with E-state index in [-0.39, 0.29) is 30.6 Å². The lowest BCUT2D eigenvalue weighted by Crippen LogP contribution is -2.42. The molecule has 8 heteroatoms. The van der Waals surface area contributed by atoms with Crippen molar-refractivity contribution in [3.8, 4) is 0 Å². The van der Waals surface area contributed by atoms with Crippen molar-refractivity contribution in [3.05, 3.63) is 35.4 Å². The molecule has 0 radical (unpaired) electrons. The van der Waals surface area contributed by atoms with Crippen molar-refractivity contribution in [3.63, 3.8) is 0 Å². The van der Waals surface area contributed by atoms with E-state index < -0.39 is 12.8 Å². The maximum absolute atomic E-state index is 12.1. The van der Waals surface area contributed by atoms with Crippen molar-refractivity contribution in [2.75, 3.05) is 19.7 Å². The van der Waals surface area contributed by atoms with Gasteiger partial charge in [0.15, 0.2) is 5.96 Å². The maximum Gasteiger partial charge on any atom is 0.411 e. The van der Waals surface area contributed by atoms with Gasteiger partial charge in [-0.25, -0.2) is 4.99 Å². The third kappa shape index (κ3) is 8.26. The Morgan fingerprint density at radius 2 is 1.92 bits per heavy atom. The Morgan fingerprint density at radius 3 is 2.56 bits per heavy atom. The molecule has 25 heavy (non-hydrogen) atoms. The molecule has 0 atom stereocenters. The van der Waals surface area contributed by atoms with Crippen molar-refractivity contribution < 1.29 is 17.9 Å². The lowest BCUT2D eigenvalue weighted by Gasteiger charge is -2.31. The van der Waals surface area contributed by atoms with Crippen LogP contribution in [0.3, 0.4) is 0 Å². The predicted molar refractivity (Wildman–Crippen MR) is 103 cm³/mol. The summed E-state index contributed by atoms with van der Waals surface area (Å²) >= 11 is 0. The molecule has 1 fully saturated rings. The Balaban J connectivity index is 0.00000312. The van der Waals surface area contributed by atoms with E-state index in [9.17, 15) is 13.2 Å². The maximum atomic E-state index is 12.1. The van der Waals surface area contributed by atoms with Crippen LogP contribution in [0.1, 0.15) is 30.9 Å². The van der Waals surface area contributed by atoms with Crippen molar-refractivity contribution in [2.24, 2.45) is 16.6 Å². The third-order valence-corrected chi connectivity index (χ3v) is 4.06. The van der Waals surface area contributed by atoms with Crippen LogP contribution in [0.25, 0.3) is 0 Å². The number of aliphatic imine (C=N–C) groups is 1. The van der Waals surface area contributed by atoms with E-state index in [0.717, 1.165) is 37.4 Å². The zero-order chi connectivity index (χ0) is 17.6. The lowest BCUT2D eigenvalue weighted by molar-refractivity contribution is -0.176. The highest BCUT2D eigenvalue weighted by molar-refractivity contribution is 14.0. The highest BCUT2D eigenvalue weighted by Crippen LogP contribution is 2.17. The van der Waals surface area contributed by atoms with E-state index >= 15 is 0 Å². The van der Waals surface area contributed by atoms with Crippen molar-refractivity contribution in [1.82, 2.24) is 4.90 Å². The summed E-state index contributed by atoms with van der Waals surface area (Å²) in [4.78, 5) is 6.48. The lowest BCUT2D eigenvalue weighted by atomic mass is 10.00. The number of piperidine rings is 1. The molecule has 2 N–H and O–H groups in total. The van der Waals surface area contributed by atoms with E-state index in [1.165, 1.54) is 0 Å². The van der Waals surface area contributed by atoms with Gasteiger partial charge in [0.1, 0.15) is 6.61 Å². The monoisotopic (exact) mass is 471 g/mol. The summed E-state index contributed by atoms with van der Waals surface area (Å²) in [7, 11) is 0. The smallest absolute Gasteiger partial charge is 0.370 e. The number of nitrogens with zero attached hydrogens (tertiary/aromatic N) is 2. The van der Waals surface area contributed by atoms with Crippen LogP contribution < -0.4 is 5.73 Å². The summed E-state index contributed by atoms with van der Waals surface area (Å²) in [5, 5.41) is 0. The highest BCUT2D eigenvalue weighted by atomic mass is 127. The van der Waals surface area contributed by atoms with Gasteiger partial charge in [0.05, 0.1) is 13.2 Å². The van der Waals surface area contributed by atoms with Gasteiger partial charge in [-0.05, 0) is 29.9 Å². The van der Waals surface area contributed by atoms with E-state index in [2.05, 4.69) is 21.6 Å². The summed E-state index contributed by atoms with van der Waals surface area (Å²) in [6.45, 7) is 3.16. The summed E-state index contributed by atoms with van der Waals surface area (Å²) in [5.41, 5.74) is 7.63. The standard InChI is InChI=1S/C17H24F3N3O.HI/c1-13-5-7-23(8-6-13)16(21)22-10-14-3-2-4-15(9-14)11-24-12-17(18,19)20;/h2-4,9,13H,5-8,10-12H2,1H3,(H2,21,22);1H. The second kappa shape index (κ2) is 10.2.